The normalized spacial score (nSPS) is 11.4. The van der Waals surface area contributed by atoms with Crippen molar-refractivity contribution in [1.82, 2.24) is 9.80 Å². The van der Waals surface area contributed by atoms with E-state index in [1.807, 2.05) is 56.0 Å². The fourth-order valence-corrected chi connectivity index (χ4v) is 4.65. The van der Waals surface area contributed by atoms with Gasteiger partial charge in [-0.2, -0.15) is 0 Å². The number of aryl methyl sites for hydroxylation is 1. The van der Waals surface area contributed by atoms with Crippen LogP contribution in [0.15, 0.2) is 42.5 Å². The van der Waals surface area contributed by atoms with Gasteiger partial charge in [-0.1, -0.05) is 62.9 Å². The molecular weight excluding hydrogens is 416 g/mol. The lowest BCUT2D eigenvalue weighted by Crippen LogP contribution is -2.51. The van der Waals surface area contributed by atoms with Gasteiger partial charge < -0.3 is 9.80 Å². The summed E-state index contributed by atoms with van der Waals surface area (Å²) in [5, 5.41) is 0. The molecule has 32 heavy (non-hydrogen) atoms. The third-order valence-electron chi connectivity index (χ3n) is 5.61. The molecule has 0 aliphatic heterocycles. The fourth-order valence-electron chi connectivity index (χ4n) is 3.74. The fraction of sp³-hybridized carbons (Fsp3) is 0.556. The topological polar surface area (TPSA) is 40.6 Å². The van der Waals surface area contributed by atoms with E-state index in [0.717, 1.165) is 23.3 Å². The smallest absolute Gasteiger partial charge is 0.242 e. The van der Waals surface area contributed by atoms with Crippen LogP contribution in [0, 0.1) is 6.92 Å². The maximum Gasteiger partial charge on any atom is 0.242 e. The quantitative estimate of drug-likeness (QED) is 0.339. The summed E-state index contributed by atoms with van der Waals surface area (Å²) < 4.78 is 0. The molecule has 5 heteroatoms. The molecule has 0 unspecified atom stereocenters. The van der Waals surface area contributed by atoms with Gasteiger partial charge in [0.2, 0.25) is 11.8 Å². The summed E-state index contributed by atoms with van der Waals surface area (Å²) >= 11 is 1.72. The predicted octanol–water partition coefficient (Wildman–Crippen LogP) is 6.57. The Labute approximate surface area is 198 Å². The summed E-state index contributed by atoms with van der Waals surface area (Å²) in [6, 6.07) is 14.3. The third kappa shape index (κ3) is 8.78. The molecule has 0 fully saturated rings. The van der Waals surface area contributed by atoms with Crippen molar-refractivity contribution in [2.24, 2.45) is 0 Å². The number of hydrogen-bond donors (Lipinski definition) is 0. The zero-order valence-corrected chi connectivity index (χ0v) is 21.3. The molecule has 0 spiro atoms. The molecule has 1 heterocycles. The van der Waals surface area contributed by atoms with Crippen molar-refractivity contribution in [3.63, 3.8) is 0 Å². The number of rotatable bonds is 12. The highest BCUT2D eigenvalue weighted by atomic mass is 32.1. The van der Waals surface area contributed by atoms with E-state index in [9.17, 15) is 9.59 Å². The standard InChI is InChI=1S/C27H40N2O2S/c1-6-7-8-9-13-16-25(30)29(27(3,4)5)21-26(31)28(19-23-14-11-10-12-15-23)20-24-18-17-22(2)32-24/h10-12,14-15,17-18H,6-9,13,16,19-21H2,1-5H3. The molecule has 0 saturated carbocycles. The molecule has 0 aliphatic carbocycles. The lowest BCUT2D eigenvalue weighted by atomic mass is 10.0. The first-order valence-corrected chi connectivity index (χ1v) is 12.7. The molecule has 0 atom stereocenters. The summed E-state index contributed by atoms with van der Waals surface area (Å²) in [7, 11) is 0. The van der Waals surface area contributed by atoms with Gasteiger partial charge in [-0.3, -0.25) is 9.59 Å². The number of thiophene rings is 1. The molecule has 2 aromatic rings. The van der Waals surface area contributed by atoms with Gasteiger partial charge in [0.1, 0.15) is 6.54 Å². The molecule has 176 valence electrons. The van der Waals surface area contributed by atoms with Gasteiger partial charge in [-0.15, -0.1) is 11.3 Å². The molecule has 0 radical (unpaired) electrons. The third-order valence-corrected chi connectivity index (χ3v) is 6.60. The highest BCUT2D eigenvalue weighted by Crippen LogP contribution is 2.21. The first kappa shape index (κ1) is 26.1. The van der Waals surface area contributed by atoms with Crippen LogP contribution < -0.4 is 0 Å². The minimum absolute atomic E-state index is 0.00540. The Morgan fingerprint density at radius 3 is 2.16 bits per heavy atom. The van der Waals surface area contributed by atoms with Crippen LogP contribution in [0.2, 0.25) is 0 Å². The number of carbonyl (C=O) groups is 2. The minimum Gasteiger partial charge on any atom is -0.332 e. The number of amides is 2. The van der Waals surface area contributed by atoms with Crippen LogP contribution in [0.25, 0.3) is 0 Å². The van der Waals surface area contributed by atoms with E-state index in [1.165, 1.54) is 24.1 Å². The molecule has 2 rings (SSSR count). The maximum atomic E-state index is 13.5. The molecule has 0 bridgehead atoms. The summed E-state index contributed by atoms with van der Waals surface area (Å²) in [4.78, 5) is 32.6. The Hall–Kier alpha value is -2.14. The van der Waals surface area contributed by atoms with Crippen molar-refractivity contribution in [3.8, 4) is 0 Å². The van der Waals surface area contributed by atoms with E-state index >= 15 is 0 Å². The minimum atomic E-state index is -0.395. The van der Waals surface area contributed by atoms with Crippen LogP contribution in [0.4, 0.5) is 0 Å². The SMILES string of the molecule is CCCCCCCC(=O)N(CC(=O)N(Cc1ccccc1)Cc1ccc(C)s1)C(C)(C)C. The van der Waals surface area contributed by atoms with Gasteiger partial charge in [0.25, 0.3) is 0 Å². The zero-order chi connectivity index (χ0) is 23.6. The summed E-state index contributed by atoms with van der Waals surface area (Å²) in [6.07, 6.45) is 6.05. The number of benzene rings is 1. The first-order chi connectivity index (χ1) is 15.2. The van der Waals surface area contributed by atoms with E-state index < -0.39 is 5.54 Å². The van der Waals surface area contributed by atoms with Crippen molar-refractivity contribution < 1.29 is 9.59 Å². The average molecular weight is 457 g/mol. The van der Waals surface area contributed by atoms with E-state index in [0.29, 0.717) is 19.5 Å². The second-order valence-electron chi connectivity index (χ2n) is 9.56. The van der Waals surface area contributed by atoms with Crippen molar-refractivity contribution in [1.29, 1.82) is 0 Å². The van der Waals surface area contributed by atoms with Crippen LogP contribution in [0.5, 0.6) is 0 Å². The summed E-state index contributed by atoms with van der Waals surface area (Å²) in [5.41, 5.74) is 0.701. The number of nitrogens with zero attached hydrogens (tertiary/aromatic N) is 2. The number of hydrogen-bond acceptors (Lipinski definition) is 3. The second kappa shape index (κ2) is 12.8. The van der Waals surface area contributed by atoms with Gasteiger partial charge in [-0.05, 0) is 51.8 Å². The number of unbranched alkanes of at least 4 members (excludes halogenated alkanes) is 4. The summed E-state index contributed by atoms with van der Waals surface area (Å²) in [6.45, 7) is 11.5. The van der Waals surface area contributed by atoms with Gasteiger partial charge in [0.15, 0.2) is 0 Å². The lowest BCUT2D eigenvalue weighted by Gasteiger charge is -2.37. The van der Waals surface area contributed by atoms with Gasteiger partial charge in [-0.25, -0.2) is 0 Å². The highest BCUT2D eigenvalue weighted by molar-refractivity contribution is 7.11. The molecule has 0 saturated heterocycles. The Bertz CT molecular complexity index is 839. The van der Waals surface area contributed by atoms with E-state index in [4.69, 9.17) is 0 Å². The van der Waals surface area contributed by atoms with Gasteiger partial charge >= 0.3 is 0 Å². The van der Waals surface area contributed by atoms with E-state index in [-0.39, 0.29) is 18.4 Å². The molecular formula is C27H40N2O2S. The van der Waals surface area contributed by atoms with E-state index in [1.54, 1.807) is 16.2 Å². The zero-order valence-electron chi connectivity index (χ0n) is 20.5. The summed E-state index contributed by atoms with van der Waals surface area (Å²) in [5.74, 6) is 0.0724. The van der Waals surface area contributed by atoms with Crippen molar-refractivity contribution in [2.45, 2.75) is 91.8 Å². The largest absolute Gasteiger partial charge is 0.332 e. The monoisotopic (exact) mass is 456 g/mol. The van der Waals surface area contributed by atoms with Gasteiger partial charge in [0.05, 0.1) is 6.54 Å². The predicted molar refractivity (Wildman–Crippen MR) is 135 cm³/mol. The maximum absolute atomic E-state index is 13.5. The van der Waals surface area contributed by atoms with Crippen molar-refractivity contribution in [2.75, 3.05) is 6.54 Å². The Morgan fingerprint density at radius 1 is 0.875 bits per heavy atom. The van der Waals surface area contributed by atoms with Crippen LogP contribution in [-0.4, -0.2) is 33.7 Å². The second-order valence-corrected chi connectivity index (χ2v) is 10.9. The highest BCUT2D eigenvalue weighted by Gasteiger charge is 2.30. The van der Waals surface area contributed by atoms with Crippen molar-refractivity contribution in [3.05, 3.63) is 57.8 Å². The Morgan fingerprint density at radius 2 is 1.56 bits per heavy atom. The Balaban J connectivity index is 2.11. The number of carbonyl (C=O) groups excluding carboxylic acids is 2. The first-order valence-electron chi connectivity index (χ1n) is 11.9. The molecule has 1 aromatic carbocycles. The average Bonchev–Trinajstić information content (AvgIpc) is 3.15. The molecule has 2 amide bonds. The van der Waals surface area contributed by atoms with Crippen LogP contribution >= 0.6 is 11.3 Å². The molecule has 4 nitrogen and oxygen atoms in total. The molecule has 1 aromatic heterocycles. The Kier molecular flexibility index (Phi) is 10.4. The van der Waals surface area contributed by atoms with Crippen LogP contribution in [-0.2, 0) is 22.7 Å². The van der Waals surface area contributed by atoms with Crippen molar-refractivity contribution >= 4 is 23.2 Å². The lowest BCUT2D eigenvalue weighted by molar-refractivity contribution is -0.145. The molecule has 0 aliphatic rings. The van der Waals surface area contributed by atoms with Gasteiger partial charge in [0, 0.05) is 28.3 Å². The van der Waals surface area contributed by atoms with Crippen LogP contribution in [0.3, 0.4) is 0 Å². The molecule has 0 N–H and O–H groups in total. The van der Waals surface area contributed by atoms with E-state index in [2.05, 4.69) is 26.0 Å². The van der Waals surface area contributed by atoms with Crippen LogP contribution in [0.1, 0.15) is 81.5 Å².